The molecule has 3 aliphatic rings. The Kier molecular flexibility index (Phi) is 43.7. The molecule has 12 rings (SSSR count). The maximum atomic E-state index is 15.6. The van der Waals surface area contributed by atoms with Gasteiger partial charge < -0.3 is 75.8 Å². The zero-order valence-electron chi connectivity index (χ0n) is 79.5. The molecule has 139 heavy (non-hydrogen) atoms. The zero-order valence-corrected chi connectivity index (χ0v) is 79.5. The molecule has 0 aliphatic carbocycles. The number of esters is 10. The van der Waals surface area contributed by atoms with Crippen LogP contribution in [0, 0.1) is 5.92 Å². The molecule has 0 N–H and O–H groups in total. The number of hydrogen-bond donors (Lipinski definition) is 0. The van der Waals surface area contributed by atoms with Crippen LogP contribution in [0.4, 0.5) is 0 Å². The predicted molar refractivity (Wildman–Crippen MR) is 516 cm³/mol. The van der Waals surface area contributed by atoms with Gasteiger partial charge in [-0.15, -0.1) is 0 Å². The third-order valence-electron chi connectivity index (χ3n) is 24.8. The molecule has 0 amide bonds. The van der Waals surface area contributed by atoms with Crippen LogP contribution in [0.5, 0.6) is 0 Å². The van der Waals surface area contributed by atoms with E-state index in [1.54, 1.807) is 176 Å². The number of benzene rings is 9. The molecule has 3 heterocycles. The van der Waals surface area contributed by atoms with Gasteiger partial charge in [-0.1, -0.05) is 332 Å². The van der Waals surface area contributed by atoms with E-state index in [0.717, 1.165) is 84.0 Å². The molecular weight excluding hydrogens is 1770 g/mol. The molecule has 0 spiro atoms. The maximum absolute atomic E-state index is 15.6. The minimum Gasteiger partial charge on any atom is -0.463 e. The van der Waals surface area contributed by atoms with Crippen LogP contribution in [0.1, 0.15) is 281 Å². The first-order valence-corrected chi connectivity index (χ1v) is 49.3. The molecule has 3 saturated heterocycles. The molecule has 15 atom stereocenters. The normalized spacial score (nSPS) is 21.1. The Morgan fingerprint density at radius 3 is 0.734 bits per heavy atom. The van der Waals surface area contributed by atoms with E-state index in [-0.39, 0.29) is 62.6 Å². The van der Waals surface area contributed by atoms with E-state index in [4.69, 9.17) is 75.8 Å². The molecule has 0 aromatic heterocycles. The lowest BCUT2D eigenvalue weighted by atomic mass is 9.94. The van der Waals surface area contributed by atoms with Crippen molar-refractivity contribution >= 4 is 59.7 Å². The molecule has 0 bridgehead atoms. The Labute approximate surface area is 814 Å². The molecule has 738 valence electrons. The third kappa shape index (κ3) is 33.3. The summed E-state index contributed by atoms with van der Waals surface area (Å²) in [6.45, 7) is 3.03. The predicted octanol–water partition coefficient (Wildman–Crippen LogP) is 21.6. The van der Waals surface area contributed by atoms with Gasteiger partial charge in [0.25, 0.3) is 0 Å². The van der Waals surface area contributed by atoms with Gasteiger partial charge >= 0.3 is 59.7 Å². The summed E-state index contributed by atoms with van der Waals surface area (Å²) in [6, 6.07) is 70.1. The molecular formula is C113H130O26. The van der Waals surface area contributed by atoms with Crippen LogP contribution in [0.3, 0.4) is 0 Å². The molecule has 0 radical (unpaired) electrons. The highest BCUT2D eigenvalue weighted by Crippen LogP contribution is 2.40. The highest BCUT2D eigenvalue weighted by molar-refractivity contribution is 5.94. The van der Waals surface area contributed by atoms with E-state index in [2.05, 4.69) is 13.8 Å². The molecule has 0 saturated carbocycles. The summed E-state index contributed by atoms with van der Waals surface area (Å²) >= 11 is 0. The third-order valence-corrected chi connectivity index (χ3v) is 24.8. The van der Waals surface area contributed by atoms with Gasteiger partial charge in [0.05, 0.1) is 63.3 Å². The van der Waals surface area contributed by atoms with Crippen molar-refractivity contribution in [2.24, 2.45) is 5.92 Å². The second kappa shape index (κ2) is 57.7. The Hall–Kier alpha value is -12.6. The van der Waals surface area contributed by atoms with E-state index >= 15 is 33.6 Å². The molecule has 3 fully saturated rings. The highest BCUT2D eigenvalue weighted by Gasteiger charge is 2.60. The number of carbonyl (C=O) groups is 10. The number of ether oxygens (including phenoxy) is 16. The zero-order chi connectivity index (χ0) is 97.6. The van der Waals surface area contributed by atoms with Gasteiger partial charge in [0, 0.05) is 6.92 Å². The molecule has 9 aromatic rings. The van der Waals surface area contributed by atoms with E-state index in [9.17, 15) is 14.4 Å². The fourth-order valence-electron chi connectivity index (χ4n) is 17.2. The van der Waals surface area contributed by atoms with Crippen molar-refractivity contribution in [1.29, 1.82) is 0 Å². The van der Waals surface area contributed by atoms with Crippen LogP contribution in [0.2, 0.25) is 0 Å². The fraction of sp³-hybridized carbons (Fsp3) is 0.434. The standard InChI is InChI=1S/C113H130O26/c1-4-6-8-10-12-14-16-18-20-22-24-35-55-80(56-36-25-23-21-19-17-15-13-11-9-7-5-2)75-126-111-99(136-108(121)87-69-49-32-50-70-87)96(133-105(118)84-63-43-29-44-64-84)94(132-104(117)83-61-41-28-42-62-83)92(129-111)78-127-112-100(137-109(122)88-71-51-33-52-72-88)98(135-107(120)86-67-47-31-48-68-86)95(90(128-112)76-124-79(3)114)139-113-101(138-110(123)89-73-53-34-54-74-89)97(134-106(119)85-65-45-30-46-66-85)93(131-103(116)82-59-39-27-40-60-82)91(130-113)77-125-102(115)81-57-37-26-38-58-81/h26-34,37-54,57-74,80,90-101,111-113H,4-25,35-36,55-56,75-78H2,1-3H3/t90-,91-,92-,93-,94+,95+,96+,97+,98+,99-,100-,101+,111-,112-,113-/m1/s1. The van der Waals surface area contributed by atoms with Crippen LogP contribution >= 0.6 is 0 Å². The van der Waals surface area contributed by atoms with Crippen molar-refractivity contribution in [3.05, 3.63) is 323 Å². The van der Waals surface area contributed by atoms with Gasteiger partial charge in [0.1, 0.15) is 37.6 Å². The maximum Gasteiger partial charge on any atom is 0.338 e. The number of hydrogen-bond acceptors (Lipinski definition) is 26. The average Bonchev–Trinajstić information content (AvgIpc) is 0.757. The van der Waals surface area contributed by atoms with Crippen molar-refractivity contribution in [2.45, 2.75) is 280 Å². The summed E-state index contributed by atoms with van der Waals surface area (Å²) in [5.41, 5.74) is -0.0251. The van der Waals surface area contributed by atoms with Crippen molar-refractivity contribution in [3.63, 3.8) is 0 Å². The second-order valence-corrected chi connectivity index (χ2v) is 35.3. The second-order valence-electron chi connectivity index (χ2n) is 35.3. The van der Waals surface area contributed by atoms with Crippen LogP contribution in [0.25, 0.3) is 0 Å². The van der Waals surface area contributed by atoms with Gasteiger partial charge in [-0.05, 0) is 128 Å². The molecule has 9 aromatic carbocycles. The van der Waals surface area contributed by atoms with E-state index < -0.39 is 172 Å². The Morgan fingerprint density at radius 2 is 0.446 bits per heavy atom. The van der Waals surface area contributed by atoms with Gasteiger partial charge in [-0.2, -0.15) is 0 Å². The summed E-state index contributed by atoms with van der Waals surface area (Å²) in [4.78, 5) is 150. The monoisotopic (exact) mass is 1900 g/mol. The Bertz CT molecular complexity index is 5150. The van der Waals surface area contributed by atoms with Gasteiger partial charge in [-0.25, -0.2) is 43.2 Å². The van der Waals surface area contributed by atoms with Crippen LogP contribution in [-0.2, 0) is 80.6 Å². The number of unbranched alkanes of at least 4 members (excludes halogenated alkanes) is 22. The average molecular weight is 1900 g/mol. The Balaban J connectivity index is 0.967. The fourth-order valence-corrected chi connectivity index (χ4v) is 17.2. The lowest BCUT2D eigenvalue weighted by molar-refractivity contribution is -0.361. The quantitative estimate of drug-likeness (QED) is 0.0194. The SMILES string of the molecule is CCCCCCCCCCCCCCC(CCCCCCCCCCCCCC)CO[C@@H]1O[C@H](CO[C@@H]2O[C@H](COC(C)=O)[C@H](O[C@H]3O[C@H](COC(=O)c4ccccc4)[C@@H](OC(=O)c4ccccc4)[C@H](OC(=O)c4ccccc4)[C@@H]3OC(=O)c3ccccc3)[C@H](OC(=O)c3ccccc3)[C@H]2OC(=O)c2ccccc2)[C@H](OC(=O)c2ccccc2)[C@H](OC(=O)c2ccccc2)[C@H]1OC(=O)c1ccccc1. The van der Waals surface area contributed by atoms with Crippen LogP contribution in [0.15, 0.2) is 273 Å². The topological polar surface area (TPSA) is 318 Å². The van der Waals surface area contributed by atoms with E-state index in [0.29, 0.717) is 0 Å². The van der Waals surface area contributed by atoms with Crippen molar-refractivity contribution in [1.82, 2.24) is 0 Å². The Morgan fingerprint density at radius 1 is 0.230 bits per heavy atom. The lowest BCUT2D eigenvalue weighted by Gasteiger charge is -2.49. The minimum atomic E-state index is -2.23. The summed E-state index contributed by atoms with van der Waals surface area (Å²) in [5, 5.41) is 0. The number of rotatable bonds is 55. The highest BCUT2D eigenvalue weighted by atomic mass is 16.8. The molecule has 26 heteroatoms. The van der Waals surface area contributed by atoms with Gasteiger partial charge in [-0.3, -0.25) is 4.79 Å². The van der Waals surface area contributed by atoms with Crippen LogP contribution in [-0.4, -0.2) is 178 Å². The summed E-state index contributed by atoms with van der Waals surface area (Å²) in [6.07, 6.45) is -0.0732. The number of carbonyl (C=O) groups excluding carboxylic acids is 10. The van der Waals surface area contributed by atoms with Crippen molar-refractivity contribution in [3.8, 4) is 0 Å². The van der Waals surface area contributed by atoms with Gasteiger partial charge in [0.2, 0.25) is 0 Å². The lowest BCUT2D eigenvalue weighted by Crippen LogP contribution is -2.68. The first kappa shape index (κ1) is 105. The summed E-state index contributed by atoms with van der Waals surface area (Å²) in [7, 11) is 0. The molecule has 3 aliphatic heterocycles. The van der Waals surface area contributed by atoms with Gasteiger partial charge in [0.15, 0.2) is 67.7 Å². The van der Waals surface area contributed by atoms with Crippen molar-refractivity contribution in [2.75, 3.05) is 26.4 Å². The molecule has 26 nitrogen and oxygen atoms in total. The van der Waals surface area contributed by atoms with Crippen LogP contribution < -0.4 is 0 Å². The molecule has 0 unspecified atom stereocenters. The largest absolute Gasteiger partial charge is 0.463 e. The minimum absolute atomic E-state index is 0.00816. The summed E-state index contributed by atoms with van der Waals surface area (Å²) < 4.78 is 107. The summed E-state index contributed by atoms with van der Waals surface area (Å²) in [5.74, 6) is -10.1. The van der Waals surface area contributed by atoms with E-state index in [1.165, 1.54) is 187 Å². The smallest absolute Gasteiger partial charge is 0.338 e. The van der Waals surface area contributed by atoms with Crippen molar-refractivity contribution < 1.29 is 124 Å². The first-order valence-electron chi connectivity index (χ1n) is 49.3. The first-order chi connectivity index (χ1) is 68.0. The van der Waals surface area contributed by atoms with E-state index in [1.807, 2.05) is 0 Å².